The van der Waals surface area contributed by atoms with Crippen LogP contribution in [0.5, 0.6) is 5.75 Å². The van der Waals surface area contributed by atoms with Gasteiger partial charge in [0, 0.05) is 0 Å². The molecule has 2 atom stereocenters. The van der Waals surface area contributed by atoms with E-state index in [0.717, 1.165) is 19.3 Å². The Morgan fingerprint density at radius 1 is 1.29 bits per heavy atom. The second kappa shape index (κ2) is 9.38. The third-order valence-corrected chi connectivity index (χ3v) is 6.32. The van der Waals surface area contributed by atoms with Crippen molar-refractivity contribution < 1.29 is 13.9 Å². The number of aromatic nitrogens is 3. The molecule has 0 unspecified atom stereocenters. The van der Waals surface area contributed by atoms with E-state index in [-0.39, 0.29) is 24.3 Å². The van der Waals surface area contributed by atoms with E-state index in [9.17, 15) is 9.18 Å². The average molecular weight is 442 g/mol. The Hall–Kier alpha value is -3.07. The number of aryl methyl sites for hydroxylation is 1. The van der Waals surface area contributed by atoms with Crippen molar-refractivity contribution in [3.8, 4) is 5.75 Å². The molecule has 2 aromatic carbocycles. The van der Waals surface area contributed by atoms with E-state index >= 15 is 0 Å². The zero-order valence-electron chi connectivity index (χ0n) is 17.1. The van der Waals surface area contributed by atoms with Crippen molar-refractivity contribution in [3.05, 3.63) is 71.3 Å². The van der Waals surface area contributed by atoms with E-state index in [1.165, 1.54) is 39.7 Å². The highest BCUT2D eigenvalue weighted by atomic mass is 32.2. The van der Waals surface area contributed by atoms with Crippen molar-refractivity contribution >= 4 is 17.7 Å². The summed E-state index contributed by atoms with van der Waals surface area (Å²) in [6.07, 6.45) is 3.01. The van der Waals surface area contributed by atoms with Crippen LogP contribution in [0.25, 0.3) is 0 Å². The topological polar surface area (TPSA) is 95.1 Å². The number of fused-ring (bicyclic) bond motifs is 1. The van der Waals surface area contributed by atoms with Crippen molar-refractivity contribution in [1.82, 2.24) is 20.2 Å². The summed E-state index contributed by atoms with van der Waals surface area (Å²) in [6.45, 7) is 1.77. The molecule has 31 heavy (non-hydrogen) atoms. The van der Waals surface area contributed by atoms with E-state index in [1.807, 2.05) is 12.1 Å². The van der Waals surface area contributed by atoms with E-state index < -0.39 is 11.1 Å². The van der Waals surface area contributed by atoms with Gasteiger partial charge in [-0.2, -0.15) is 0 Å². The minimum absolute atomic E-state index is 0.0148. The molecule has 0 saturated carbocycles. The molecule has 0 aliphatic heterocycles. The summed E-state index contributed by atoms with van der Waals surface area (Å²) in [6, 6.07) is 14.3. The average Bonchev–Trinajstić information content (AvgIpc) is 3.12. The highest BCUT2D eigenvalue weighted by Gasteiger charge is 2.25. The van der Waals surface area contributed by atoms with Gasteiger partial charge in [0.15, 0.2) is 17.4 Å². The standard InChI is InChI=1S/C22H24FN5O2S/c1-14(21(29)25-18-11-6-8-15-7-2-3-9-16(15)18)31-22-27-26-20(28(22)24)13-30-19-12-5-4-10-17(19)23/h2-5,7,9-10,12,14,18H,6,8,11,13,24H2,1H3,(H,25,29)/t14-,18+/m1/s1. The maximum absolute atomic E-state index is 13.7. The highest BCUT2D eigenvalue weighted by molar-refractivity contribution is 8.00. The normalized spacial score (nSPS) is 16.4. The largest absolute Gasteiger partial charge is 0.482 e. The summed E-state index contributed by atoms with van der Waals surface area (Å²) in [5.41, 5.74) is 2.48. The fourth-order valence-corrected chi connectivity index (χ4v) is 4.39. The molecule has 0 spiro atoms. The third kappa shape index (κ3) is 4.82. The Morgan fingerprint density at radius 3 is 2.90 bits per heavy atom. The van der Waals surface area contributed by atoms with Crippen LogP contribution in [-0.2, 0) is 17.8 Å². The van der Waals surface area contributed by atoms with Crippen molar-refractivity contribution in [1.29, 1.82) is 0 Å². The molecule has 1 aromatic heterocycles. The number of ether oxygens (including phenoxy) is 1. The predicted molar refractivity (Wildman–Crippen MR) is 116 cm³/mol. The number of thioether (sulfide) groups is 1. The van der Waals surface area contributed by atoms with Crippen molar-refractivity contribution in [2.75, 3.05) is 5.84 Å². The van der Waals surface area contributed by atoms with Crippen LogP contribution in [0.2, 0.25) is 0 Å². The van der Waals surface area contributed by atoms with Crippen LogP contribution in [0.4, 0.5) is 4.39 Å². The van der Waals surface area contributed by atoms with Crippen molar-refractivity contribution in [3.63, 3.8) is 0 Å². The van der Waals surface area contributed by atoms with Gasteiger partial charge < -0.3 is 15.9 Å². The fourth-order valence-electron chi connectivity index (χ4n) is 3.59. The van der Waals surface area contributed by atoms with Crippen LogP contribution in [0.3, 0.4) is 0 Å². The quantitative estimate of drug-likeness (QED) is 0.431. The Balaban J connectivity index is 1.36. The van der Waals surface area contributed by atoms with Crippen LogP contribution in [-0.4, -0.2) is 26.0 Å². The molecule has 4 rings (SSSR count). The summed E-state index contributed by atoms with van der Waals surface area (Å²) < 4.78 is 20.4. The lowest BCUT2D eigenvalue weighted by Gasteiger charge is -2.27. The van der Waals surface area contributed by atoms with E-state index in [0.29, 0.717) is 11.0 Å². The molecule has 1 aliphatic rings. The number of nitrogen functional groups attached to an aromatic ring is 1. The molecule has 1 heterocycles. The Kier molecular flexibility index (Phi) is 6.41. The first-order valence-electron chi connectivity index (χ1n) is 10.1. The van der Waals surface area contributed by atoms with Gasteiger partial charge >= 0.3 is 0 Å². The van der Waals surface area contributed by atoms with Crippen LogP contribution in [0.15, 0.2) is 53.7 Å². The molecular weight excluding hydrogens is 417 g/mol. The van der Waals surface area contributed by atoms with Gasteiger partial charge in [0.1, 0.15) is 6.61 Å². The maximum Gasteiger partial charge on any atom is 0.233 e. The monoisotopic (exact) mass is 441 g/mol. The summed E-state index contributed by atoms with van der Waals surface area (Å²) in [5.74, 6) is 5.96. The number of para-hydroxylation sites is 1. The number of hydrogen-bond donors (Lipinski definition) is 2. The van der Waals surface area contributed by atoms with Crippen LogP contribution >= 0.6 is 11.8 Å². The lowest BCUT2D eigenvalue weighted by atomic mass is 9.88. The van der Waals surface area contributed by atoms with Gasteiger partial charge in [-0.05, 0) is 49.4 Å². The molecular formula is C22H24FN5O2S. The molecule has 3 aromatic rings. The van der Waals surface area contributed by atoms with Gasteiger partial charge in [-0.15, -0.1) is 10.2 Å². The van der Waals surface area contributed by atoms with Crippen LogP contribution < -0.4 is 15.9 Å². The number of benzene rings is 2. The third-order valence-electron chi connectivity index (χ3n) is 5.27. The molecule has 1 aliphatic carbocycles. The minimum Gasteiger partial charge on any atom is -0.482 e. The molecule has 3 N–H and O–H groups in total. The first kappa shape index (κ1) is 21.2. The van der Waals surface area contributed by atoms with Crippen molar-refractivity contribution in [2.45, 2.75) is 49.2 Å². The molecule has 9 heteroatoms. The van der Waals surface area contributed by atoms with E-state index in [1.54, 1.807) is 19.1 Å². The zero-order chi connectivity index (χ0) is 21.8. The number of halogens is 1. The first-order valence-corrected chi connectivity index (χ1v) is 11.0. The summed E-state index contributed by atoms with van der Waals surface area (Å²) in [7, 11) is 0. The molecule has 1 amide bonds. The first-order chi connectivity index (χ1) is 15.0. The summed E-state index contributed by atoms with van der Waals surface area (Å²) in [4.78, 5) is 12.8. The molecule has 7 nitrogen and oxygen atoms in total. The van der Waals surface area contributed by atoms with E-state index in [4.69, 9.17) is 10.6 Å². The number of nitrogens with zero attached hydrogens (tertiary/aromatic N) is 3. The van der Waals surface area contributed by atoms with Gasteiger partial charge in [-0.1, -0.05) is 48.2 Å². The molecule has 0 fully saturated rings. The second-order valence-electron chi connectivity index (χ2n) is 7.40. The number of nitrogens with two attached hydrogens (primary N) is 1. The lowest BCUT2D eigenvalue weighted by molar-refractivity contribution is -0.121. The number of rotatable bonds is 7. The van der Waals surface area contributed by atoms with Gasteiger partial charge in [0.2, 0.25) is 11.1 Å². The summed E-state index contributed by atoms with van der Waals surface area (Å²) in [5, 5.41) is 11.2. The minimum atomic E-state index is -0.463. The lowest BCUT2D eigenvalue weighted by Crippen LogP contribution is -2.36. The smallest absolute Gasteiger partial charge is 0.233 e. The number of carbonyl (C=O) groups is 1. The number of carbonyl (C=O) groups excluding carboxylic acids is 1. The molecule has 0 radical (unpaired) electrons. The zero-order valence-corrected chi connectivity index (χ0v) is 17.9. The number of amides is 1. The Bertz CT molecular complexity index is 1070. The number of nitrogens with one attached hydrogen (secondary N) is 1. The maximum atomic E-state index is 13.7. The Morgan fingerprint density at radius 2 is 2.06 bits per heavy atom. The summed E-state index contributed by atoms with van der Waals surface area (Å²) >= 11 is 1.22. The van der Waals surface area contributed by atoms with Crippen LogP contribution in [0.1, 0.15) is 42.8 Å². The van der Waals surface area contributed by atoms with Gasteiger partial charge in [-0.25, -0.2) is 9.07 Å². The van der Waals surface area contributed by atoms with Gasteiger partial charge in [-0.3, -0.25) is 4.79 Å². The van der Waals surface area contributed by atoms with Gasteiger partial charge in [0.05, 0.1) is 11.3 Å². The van der Waals surface area contributed by atoms with Crippen molar-refractivity contribution in [2.24, 2.45) is 0 Å². The molecule has 0 saturated heterocycles. The Labute approximate surface area is 184 Å². The second-order valence-corrected chi connectivity index (χ2v) is 8.71. The predicted octanol–water partition coefficient (Wildman–Crippen LogP) is 3.38. The van der Waals surface area contributed by atoms with E-state index in [2.05, 4.69) is 27.6 Å². The SMILES string of the molecule is C[C@@H](Sc1nnc(COc2ccccc2F)n1N)C(=O)N[C@H]1CCCc2ccccc21. The molecule has 0 bridgehead atoms. The van der Waals surface area contributed by atoms with Gasteiger partial charge in [0.25, 0.3) is 0 Å². The highest BCUT2D eigenvalue weighted by Crippen LogP contribution is 2.30. The van der Waals surface area contributed by atoms with Crippen LogP contribution in [0, 0.1) is 5.82 Å². The number of hydrogen-bond acceptors (Lipinski definition) is 6. The molecule has 162 valence electrons. The fraction of sp³-hybridized carbons (Fsp3) is 0.318.